The molecular formula is C21H25NO4. The molecule has 1 aliphatic carbocycles. The first-order valence-electron chi connectivity index (χ1n) is 9.02. The van der Waals surface area contributed by atoms with Gasteiger partial charge in [-0.05, 0) is 60.2 Å². The maximum Gasteiger partial charge on any atom is 0.306 e. The maximum atomic E-state index is 12.7. The Morgan fingerprint density at radius 1 is 1.04 bits per heavy atom. The van der Waals surface area contributed by atoms with Crippen LogP contribution in [-0.4, -0.2) is 36.0 Å². The van der Waals surface area contributed by atoms with Crippen LogP contribution in [0.15, 0.2) is 36.4 Å². The number of rotatable bonds is 5. The number of fused-ring (bicyclic) bond motifs is 1. The highest BCUT2D eigenvalue weighted by Crippen LogP contribution is 2.30. The number of hydrogen-bond donors (Lipinski definition) is 1. The third-order valence-corrected chi connectivity index (χ3v) is 5.33. The Bertz CT molecular complexity index is 809. The molecule has 1 aliphatic rings. The van der Waals surface area contributed by atoms with Gasteiger partial charge in [-0.2, -0.15) is 0 Å². The summed E-state index contributed by atoms with van der Waals surface area (Å²) in [6, 6.07) is 12.1. The van der Waals surface area contributed by atoms with E-state index in [9.17, 15) is 9.59 Å². The van der Waals surface area contributed by atoms with Crippen LogP contribution in [0.4, 0.5) is 0 Å². The summed E-state index contributed by atoms with van der Waals surface area (Å²) in [5, 5.41) is 11.3. The van der Waals surface area contributed by atoms with Gasteiger partial charge in [-0.3, -0.25) is 9.59 Å². The van der Waals surface area contributed by atoms with Crippen LogP contribution >= 0.6 is 0 Å². The second-order valence-electron chi connectivity index (χ2n) is 7.13. The molecule has 0 spiro atoms. The highest BCUT2D eigenvalue weighted by Gasteiger charge is 2.31. The molecule has 26 heavy (non-hydrogen) atoms. The first-order chi connectivity index (χ1) is 12.5. The van der Waals surface area contributed by atoms with Crippen molar-refractivity contribution in [2.24, 2.45) is 11.8 Å². The molecule has 0 unspecified atom stereocenters. The van der Waals surface area contributed by atoms with E-state index in [0.717, 1.165) is 22.1 Å². The van der Waals surface area contributed by atoms with Gasteiger partial charge in [0.2, 0.25) is 5.91 Å². The molecule has 0 heterocycles. The number of carbonyl (C=O) groups excluding carboxylic acids is 1. The van der Waals surface area contributed by atoms with E-state index < -0.39 is 5.97 Å². The zero-order valence-electron chi connectivity index (χ0n) is 15.3. The van der Waals surface area contributed by atoms with Crippen LogP contribution < -0.4 is 4.74 Å². The number of amides is 1. The average Bonchev–Trinajstić information content (AvgIpc) is 2.67. The van der Waals surface area contributed by atoms with Crippen molar-refractivity contribution in [1.29, 1.82) is 0 Å². The van der Waals surface area contributed by atoms with E-state index in [1.165, 1.54) is 0 Å². The Kier molecular flexibility index (Phi) is 5.45. The van der Waals surface area contributed by atoms with Crippen molar-refractivity contribution in [2.45, 2.75) is 32.2 Å². The van der Waals surface area contributed by atoms with Crippen molar-refractivity contribution in [3.8, 4) is 5.75 Å². The summed E-state index contributed by atoms with van der Waals surface area (Å²) >= 11 is 0. The predicted octanol–water partition coefficient (Wildman–Crippen LogP) is 3.70. The van der Waals surface area contributed by atoms with Gasteiger partial charge in [0, 0.05) is 19.5 Å². The van der Waals surface area contributed by atoms with Crippen molar-refractivity contribution < 1.29 is 19.4 Å². The molecule has 1 fully saturated rings. The number of carboxylic acids is 1. The molecule has 2 aromatic carbocycles. The molecule has 1 amide bonds. The van der Waals surface area contributed by atoms with E-state index in [0.29, 0.717) is 32.2 Å². The standard InChI is InChI=1S/C21H25NO4/c1-22(20(23)15-5-7-16(8-6-15)21(24)25)13-14-3-4-18-12-19(26-2)10-9-17(18)11-14/h3-4,9-12,15-16H,5-8,13H2,1-2H3,(H,24,25). The maximum absolute atomic E-state index is 12.7. The van der Waals surface area contributed by atoms with Crippen LogP contribution in [0.2, 0.25) is 0 Å². The number of carbonyl (C=O) groups is 2. The molecule has 0 bridgehead atoms. The van der Waals surface area contributed by atoms with E-state index >= 15 is 0 Å². The third-order valence-electron chi connectivity index (χ3n) is 5.33. The number of nitrogens with zero attached hydrogens (tertiary/aromatic N) is 1. The minimum absolute atomic E-state index is 0.0553. The molecular weight excluding hydrogens is 330 g/mol. The van der Waals surface area contributed by atoms with Gasteiger partial charge in [-0.25, -0.2) is 0 Å². The summed E-state index contributed by atoms with van der Waals surface area (Å²) in [7, 11) is 3.48. The van der Waals surface area contributed by atoms with Gasteiger partial charge in [-0.1, -0.05) is 18.2 Å². The molecule has 0 atom stereocenters. The van der Waals surface area contributed by atoms with E-state index in [1.54, 1.807) is 12.0 Å². The zero-order valence-corrected chi connectivity index (χ0v) is 15.3. The summed E-state index contributed by atoms with van der Waals surface area (Å²) in [5.41, 5.74) is 1.08. The summed E-state index contributed by atoms with van der Waals surface area (Å²) in [6.07, 6.45) is 2.52. The van der Waals surface area contributed by atoms with Crippen molar-refractivity contribution in [3.05, 3.63) is 42.0 Å². The second-order valence-corrected chi connectivity index (χ2v) is 7.13. The first kappa shape index (κ1) is 18.2. The lowest BCUT2D eigenvalue weighted by atomic mass is 9.81. The summed E-state index contributed by atoms with van der Waals surface area (Å²) < 4.78 is 5.25. The molecule has 0 radical (unpaired) electrons. The molecule has 0 aliphatic heterocycles. The average molecular weight is 355 g/mol. The topological polar surface area (TPSA) is 66.8 Å². The minimum Gasteiger partial charge on any atom is -0.497 e. The third kappa shape index (κ3) is 3.98. The van der Waals surface area contributed by atoms with E-state index in [4.69, 9.17) is 9.84 Å². The molecule has 3 rings (SSSR count). The largest absolute Gasteiger partial charge is 0.497 e. The molecule has 138 valence electrons. The fourth-order valence-corrected chi connectivity index (χ4v) is 3.75. The van der Waals surface area contributed by atoms with Crippen LogP contribution in [0.3, 0.4) is 0 Å². The number of aliphatic carboxylic acids is 1. The van der Waals surface area contributed by atoms with Crippen LogP contribution in [0.5, 0.6) is 5.75 Å². The normalized spacial score (nSPS) is 19.9. The van der Waals surface area contributed by atoms with Gasteiger partial charge in [0.25, 0.3) is 0 Å². The Morgan fingerprint density at radius 3 is 2.31 bits per heavy atom. The fourth-order valence-electron chi connectivity index (χ4n) is 3.75. The van der Waals surface area contributed by atoms with Crippen LogP contribution in [0, 0.1) is 11.8 Å². The van der Waals surface area contributed by atoms with E-state index in [-0.39, 0.29) is 17.7 Å². The molecule has 0 aromatic heterocycles. The Labute approximate surface area is 153 Å². The Morgan fingerprint density at radius 2 is 1.65 bits per heavy atom. The number of methoxy groups -OCH3 is 1. The summed E-state index contributed by atoms with van der Waals surface area (Å²) in [5.74, 6) is -0.141. The molecule has 1 N–H and O–H groups in total. The van der Waals surface area contributed by atoms with Gasteiger partial charge in [0.15, 0.2) is 0 Å². The predicted molar refractivity (Wildman–Crippen MR) is 100 cm³/mol. The fraction of sp³-hybridized carbons (Fsp3) is 0.429. The van der Waals surface area contributed by atoms with Crippen LogP contribution in [-0.2, 0) is 16.1 Å². The lowest BCUT2D eigenvalue weighted by Gasteiger charge is -2.29. The molecule has 5 nitrogen and oxygen atoms in total. The number of ether oxygens (including phenoxy) is 1. The van der Waals surface area contributed by atoms with Crippen molar-refractivity contribution in [2.75, 3.05) is 14.2 Å². The lowest BCUT2D eigenvalue weighted by molar-refractivity contribution is -0.145. The smallest absolute Gasteiger partial charge is 0.306 e. The second kappa shape index (κ2) is 7.77. The minimum atomic E-state index is -0.739. The molecule has 1 saturated carbocycles. The van der Waals surface area contributed by atoms with Gasteiger partial charge >= 0.3 is 5.97 Å². The molecule has 2 aromatic rings. The van der Waals surface area contributed by atoms with Crippen molar-refractivity contribution in [3.63, 3.8) is 0 Å². The lowest BCUT2D eigenvalue weighted by Crippen LogP contribution is -2.35. The van der Waals surface area contributed by atoms with Gasteiger partial charge in [-0.15, -0.1) is 0 Å². The molecule has 0 saturated heterocycles. The highest BCUT2D eigenvalue weighted by molar-refractivity contribution is 5.85. The monoisotopic (exact) mass is 355 g/mol. The first-order valence-corrected chi connectivity index (χ1v) is 9.02. The van der Waals surface area contributed by atoms with Crippen LogP contribution in [0.1, 0.15) is 31.2 Å². The number of benzene rings is 2. The quantitative estimate of drug-likeness (QED) is 0.888. The summed E-state index contributed by atoms with van der Waals surface area (Å²) in [4.78, 5) is 25.5. The Hall–Kier alpha value is -2.56. The van der Waals surface area contributed by atoms with Crippen LogP contribution in [0.25, 0.3) is 10.8 Å². The number of carboxylic acid groups (broad SMARTS) is 1. The Balaban J connectivity index is 1.64. The van der Waals surface area contributed by atoms with Gasteiger partial charge in [0.05, 0.1) is 13.0 Å². The van der Waals surface area contributed by atoms with Crippen molar-refractivity contribution >= 4 is 22.6 Å². The van der Waals surface area contributed by atoms with E-state index in [2.05, 4.69) is 6.07 Å². The van der Waals surface area contributed by atoms with Crippen molar-refractivity contribution in [1.82, 2.24) is 4.90 Å². The van der Waals surface area contributed by atoms with E-state index in [1.807, 2.05) is 37.4 Å². The number of hydrogen-bond acceptors (Lipinski definition) is 3. The van der Waals surface area contributed by atoms with Gasteiger partial charge in [0.1, 0.15) is 5.75 Å². The summed E-state index contributed by atoms with van der Waals surface area (Å²) in [6.45, 7) is 0.555. The molecule has 5 heteroatoms. The SMILES string of the molecule is COc1ccc2cc(CN(C)C(=O)C3CCC(C(=O)O)CC3)ccc2c1. The zero-order chi connectivity index (χ0) is 18.7. The van der Waals surface area contributed by atoms with Gasteiger partial charge < -0.3 is 14.7 Å². The highest BCUT2D eigenvalue weighted by atomic mass is 16.5.